The molecule has 13 nitrogen and oxygen atoms in total. The molecule has 2 aliphatic rings. The maximum absolute atomic E-state index is 14.3. The maximum Gasteiger partial charge on any atom is 0.413 e. The number of amides is 1. The predicted octanol–water partition coefficient (Wildman–Crippen LogP) is 4.19. The largest absolute Gasteiger partial charge is 0.443 e. The van der Waals surface area contributed by atoms with E-state index in [0.29, 0.717) is 43.9 Å². The number of fused-ring (bicyclic) bond motifs is 2. The zero-order valence-corrected chi connectivity index (χ0v) is 21.2. The van der Waals surface area contributed by atoms with E-state index in [4.69, 9.17) is 14.2 Å². The number of aryl methyl sites for hydroxylation is 2. The van der Waals surface area contributed by atoms with Crippen LogP contribution in [0.3, 0.4) is 0 Å². The molecule has 2 N–H and O–H groups in total. The highest BCUT2D eigenvalue weighted by molar-refractivity contribution is 5.84. The number of hydrogen-bond donors (Lipinski definition) is 2. The van der Waals surface area contributed by atoms with Gasteiger partial charge in [0.1, 0.15) is 35.0 Å². The standard InChI is InChI=1S/C25H23F2N9O4/c1-35-21-14(12-28)9-20(39-15-3-6-29-18(10-15)31-24(37)40-16-4-8-38-13-16)32-22(21)33-23(35)30-19-11-17-25(26,27)5-2-7-36(17)34-19/h3,6,9-11,16H,2,4-5,7-8,13H2,1H3,(H,29,31,37)(H,30,32,33,34)/t16-/m0/s1. The number of pyridine rings is 2. The van der Waals surface area contributed by atoms with Crippen LogP contribution in [0.5, 0.6) is 11.6 Å². The fourth-order valence-electron chi connectivity index (χ4n) is 4.63. The zero-order chi connectivity index (χ0) is 27.9. The van der Waals surface area contributed by atoms with E-state index in [1.54, 1.807) is 17.7 Å². The molecular weight excluding hydrogens is 528 g/mol. The first-order valence-electron chi connectivity index (χ1n) is 12.5. The number of alkyl halides is 2. The molecule has 0 saturated carbocycles. The molecule has 0 aliphatic carbocycles. The number of halogens is 2. The first-order chi connectivity index (χ1) is 19.3. The highest BCUT2D eigenvalue weighted by atomic mass is 19.3. The van der Waals surface area contributed by atoms with E-state index in [0.717, 1.165) is 0 Å². The molecule has 0 spiro atoms. The maximum atomic E-state index is 14.3. The number of hydrogen-bond acceptors (Lipinski definition) is 10. The van der Waals surface area contributed by atoms with Gasteiger partial charge in [0, 0.05) is 50.8 Å². The third kappa shape index (κ3) is 4.96. The lowest BCUT2D eigenvalue weighted by Gasteiger charge is -2.22. The molecule has 2 aliphatic heterocycles. The molecule has 0 aromatic carbocycles. The highest BCUT2D eigenvalue weighted by Crippen LogP contribution is 2.38. The molecule has 6 rings (SSSR count). The number of rotatable bonds is 6. The molecule has 15 heteroatoms. The lowest BCUT2D eigenvalue weighted by Crippen LogP contribution is -2.25. The molecule has 0 bridgehead atoms. The van der Waals surface area contributed by atoms with Crippen molar-refractivity contribution in [2.45, 2.75) is 37.8 Å². The average molecular weight is 552 g/mol. The van der Waals surface area contributed by atoms with Gasteiger partial charge in [0.05, 0.1) is 18.8 Å². The summed E-state index contributed by atoms with van der Waals surface area (Å²) in [6, 6.07) is 7.90. The van der Waals surface area contributed by atoms with Gasteiger partial charge in [-0.2, -0.15) is 29.1 Å². The zero-order valence-electron chi connectivity index (χ0n) is 21.2. The minimum Gasteiger partial charge on any atom is -0.443 e. The van der Waals surface area contributed by atoms with Gasteiger partial charge in [-0.3, -0.25) is 10.00 Å². The van der Waals surface area contributed by atoms with Gasteiger partial charge in [0.15, 0.2) is 11.5 Å². The molecular formula is C25H23F2N9O4. The normalized spacial score (nSPS) is 17.7. The van der Waals surface area contributed by atoms with Crippen molar-refractivity contribution < 1.29 is 27.8 Å². The number of imidazole rings is 1. The molecule has 6 heterocycles. The van der Waals surface area contributed by atoms with Crippen molar-refractivity contribution in [3.8, 4) is 17.7 Å². The van der Waals surface area contributed by atoms with E-state index in [1.165, 1.54) is 29.1 Å². The number of nitrogens with one attached hydrogen (secondary N) is 2. The average Bonchev–Trinajstić information content (AvgIpc) is 3.64. The van der Waals surface area contributed by atoms with E-state index in [1.807, 2.05) is 0 Å². The Morgan fingerprint density at radius 2 is 2.15 bits per heavy atom. The number of nitrogens with zero attached hydrogens (tertiary/aromatic N) is 7. The Kier molecular flexibility index (Phi) is 6.39. The summed E-state index contributed by atoms with van der Waals surface area (Å²) in [6.45, 7) is 1.29. The third-order valence-corrected chi connectivity index (χ3v) is 6.54. The Bertz CT molecular complexity index is 1640. The van der Waals surface area contributed by atoms with Crippen LogP contribution in [-0.4, -0.2) is 54.7 Å². The molecule has 1 saturated heterocycles. The van der Waals surface area contributed by atoms with E-state index < -0.39 is 12.0 Å². The van der Waals surface area contributed by atoms with Crippen molar-refractivity contribution in [1.29, 1.82) is 5.26 Å². The summed E-state index contributed by atoms with van der Waals surface area (Å²) in [5.74, 6) is -1.91. The van der Waals surface area contributed by atoms with Crippen LogP contribution in [-0.2, 0) is 29.0 Å². The van der Waals surface area contributed by atoms with E-state index in [-0.39, 0.29) is 52.9 Å². The van der Waals surface area contributed by atoms with Crippen molar-refractivity contribution >= 4 is 34.8 Å². The summed E-state index contributed by atoms with van der Waals surface area (Å²) >= 11 is 0. The van der Waals surface area contributed by atoms with Crippen LogP contribution in [0.25, 0.3) is 11.2 Å². The summed E-state index contributed by atoms with van der Waals surface area (Å²) < 4.78 is 47.8. The number of carbonyl (C=O) groups excluding carboxylic acids is 1. The number of nitriles is 1. The first kappa shape index (κ1) is 25.4. The number of carbonyl (C=O) groups is 1. The topological polar surface area (TPSA) is 154 Å². The molecule has 40 heavy (non-hydrogen) atoms. The van der Waals surface area contributed by atoms with Gasteiger partial charge in [-0.15, -0.1) is 0 Å². The molecule has 0 unspecified atom stereocenters. The van der Waals surface area contributed by atoms with Gasteiger partial charge < -0.3 is 24.1 Å². The second-order valence-electron chi connectivity index (χ2n) is 9.35. The lowest BCUT2D eigenvalue weighted by molar-refractivity contribution is -0.0364. The van der Waals surface area contributed by atoms with Crippen LogP contribution >= 0.6 is 0 Å². The van der Waals surface area contributed by atoms with Crippen molar-refractivity contribution in [3.05, 3.63) is 41.7 Å². The predicted molar refractivity (Wildman–Crippen MR) is 136 cm³/mol. The Balaban J connectivity index is 1.22. The number of aromatic nitrogens is 6. The van der Waals surface area contributed by atoms with E-state index in [2.05, 4.69) is 36.8 Å². The van der Waals surface area contributed by atoms with Crippen LogP contribution in [0.4, 0.5) is 31.2 Å². The summed E-state index contributed by atoms with van der Waals surface area (Å²) in [7, 11) is 1.67. The summed E-state index contributed by atoms with van der Waals surface area (Å²) in [5, 5.41) is 19.5. The Labute approximate surface area is 225 Å². The molecule has 0 radical (unpaired) electrons. The monoisotopic (exact) mass is 551 g/mol. The van der Waals surface area contributed by atoms with Crippen LogP contribution in [0.1, 0.15) is 30.5 Å². The van der Waals surface area contributed by atoms with Crippen molar-refractivity contribution in [2.24, 2.45) is 7.05 Å². The van der Waals surface area contributed by atoms with Crippen molar-refractivity contribution in [2.75, 3.05) is 23.8 Å². The number of anilines is 3. The SMILES string of the molecule is Cn1c(Nc2cc3n(n2)CCCC3(F)F)nc2nc(Oc3ccnc(NC(=O)O[C@H]4CCOC4)c3)cc(C#N)c21. The molecule has 206 valence electrons. The van der Waals surface area contributed by atoms with E-state index >= 15 is 0 Å². The van der Waals surface area contributed by atoms with Gasteiger partial charge in [-0.1, -0.05) is 0 Å². The Morgan fingerprint density at radius 3 is 2.92 bits per heavy atom. The first-order valence-corrected chi connectivity index (χ1v) is 12.5. The highest BCUT2D eigenvalue weighted by Gasteiger charge is 2.38. The van der Waals surface area contributed by atoms with Gasteiger partial charge in [0.25, 0.3) is 5.92 Å². The second-order valence-corrected chi connectivity index (χ2v) is 9.35. The molecule has 4 aromatic rings. The van der Waals surface area contributed by atoms with Crippen LogP contribution in [0, 0.1) is 11.3 Å². The van der Waals surface area contributed by atoms with Crippen LogP contribution < -0.4 is 15.4 Å². The lowest BCUT2D eigenvalue weighted by atomic mass is 10.1. The fraction of sp³-hybridized carbons (Fsp3) is 0.360. The third-order valence-electron chi connectivity index (χ3n) is 6.54. The molecule has 1 fully saturated rings. The Morgan fingerprint density at radius 1 is 1.27 bits per heavy atom. The van der Waals surface area contributed by atoms with Crippen LogP contribution in [0.15, 0.2) is 30.5 Å². The van der Waals surface area contributed by atoms with Gasteiger partial charge in [-0.25, -0.2) is 9.78 Å². The van der Waals surface area contributed by atoms with Crippen LogP contribution in [0.2, 0.25) is 0 Å². The smallest absolute Gasteiger partial charge is 0.413 e. The quantitative estimate of drug-likeness (QED) is 0.356. The van der Waals surface area contributed by atoms with Gasteiger partial charge >= 0.3 is 6.09 Å². The number of ether oxygens (including phenoxy) is 3. The molecule has 1 amide bonds. The van der Waals surface area contributed by atoms with Crippen molar-refractivity contribution in [1.82, 2.24) is 29.3 Å². The van der Waals surface area contributed by atoms with Gasteiger partial charge in [0.2, 0.25) is 11.8 Å². The summed E-state index contributed by atoms with van der Waals surface area (Å²) in [4.78, 5) is 25.1. The molecule has 1 atom stereocenters. The van der Waals surface area contributed by atoms with E-state index in [9.17, 15) is 18.8 Å². The minimum absolute atomic E-state index is 0.0774. The summed E-state index contributed by atoms with van der Waals surface area (Å²) in [6.07, 6.45) is 1.20. The minimum atomic E-state index is -2.95. The summed E-state index contributed by atoms with van der Waals surface area (Å²) in [5.41, 5.74) is 0.692. The second kappa shape index (κ2) is 10.0. The van der Waals surface area contributed by atoms with Crippen molar-refractivity contribution in [3.63, 3.8) is 0 Å². The van der Waals surface area contributed by atoms with Gasteiger partial charge in [-0.05, 0) is 12.5 Å². The Hall–Kier alpha value is -4.84. The molecule has 4 aromatic heterocycles. The fourth-order valence-corrected chi connectivity index (χ4v) is 4.63.